The molecular weight excluding hydrogens is 170 g/mol. The second kappa shape index (κ2) is 12.7. The van der Waals surface area contributed by atoms with Gasteiger partial charge < -0.3 is 0 Å². The normalized spacial score (nSPS) is 15.7. The maximum absolute atomic E-state index is 2.45. The van der Waals surface area contributed by atoms with E-state index in [0.29, 0.717) is 0 Å². The molecule has 1 heterocycles. The Balaban J connectivity index is 0. The lowest BCUT2D eigenvalue weighted by Gasteiger charge is -2.22. The van der Waals surface area contributed by atoms with Gasteiger partial charge in [-0.2, -0.15) is 0 Å². The van der Waals surface area contributed by atoms with Crippen molar-refractivity contribution in [3.05, 3.63) is 11.6 Å². The van der Waals surface area contributed by atoms with E-state index < -0.39 is 0 Å². The first-order valence-electron chi connectivity index (χ1n) is 6.12. The van der Waals surface area contributed by atoms with E-state index in [1.54, 1.807) is 5.57 Å². The van der Waals surface area contributed by atoms with E-state index in [1.807, 2.05) is 13.8 Å². The Morgan fingerprint density at radius 1 is 1.21 bits per heavy atom. The number of likely N-dealkylation sites (N-methyl/N-ethyl adjacent to an activating group) is 1. The van der Waals surface area contributed by atoms with Crippen molar-refractivity contribution in [2.24, 2.45) is 0 Å². The van der Waals surface area contributed by atoms with Gasteiger partial charge in [0.15, 0.2) is 0 Å². The van der Waals surface area contributed by atoms with Crippen LogP contribution in [0.1, 0.15) is 54.4 Å². The molecule has 0 amide bonds. The van der Waals surface area contributed by atoms with Crippen molar-refractivity contribution in [3.8, 4) is 0 Å². The topological polar surface area (TPSA) is 3.24 Å². The van der Waals surface area contributed by atoms with Crippen LogP contribution >= 0.6 is 0 Å². The van der Waals surface area contributed by atoms with E-state index in [1.165, 1.54) is 32.5 Å². The molecule has 0 saturated carbocycles. The van der Waals surface area contributed by atoms with Crippen LogP contribution < -0.4 is 0 Å². The molecule has 0 aromatic carbocycles. The molecule has 1 heteroatoms. The summed E-state index contributed by atoms with van der Waals surface area (Å²) >= 11 is 0. The Bertz CT molecular complexity index is 127. The van der Waals surface area contributed by atoms with Gasteiger partial charge in [0, 0.05) is 13.1 Å². The van der Waals surface area contributed by atoms with Crippen LogP contribution in [0, 0.1) is 0 Å². The van der Waals surface area contributed by atoms with Crippen LogP contribution in [-0.2, 0) is 0 Å². The van der Waals surface area contributed by atoms with Crippen LogP contribution in [0.3, 0.4) is 0 Å². The van der Waals surface area contributed by atoms with Gasteiger partial charge in [-0.3, -0.25) is 4.90 Å². The van der Waals surface area contributed by atoms with Gasteiger partial charge in [0.25, 0.3) is 0 Å². The Labute approximate surface area is 91.2 Å². The molecule has 0 bridgehead atoms. The highest BCUT2D eigenvalue weighted by Gasteiger charge is 2.04. The van der Waals surface area contributed by atoms with Gasteiger partial charge in [-0.1, -0.05) is 52.7 Å². The summed E-state index contributed by atoms with van der Waals surface area (Å²) in [7, 11) is 0. The molecule has 0 radical (unpaired) electrons. The molecule has 0 N–H and O–H groups in total. The predicted octanol–water partition coefficient (Wildman–Crippen LogP) is 4.10. The summed E-state index contributed by atoms with van der Waals surface area (Å²) in [5, 5.41) is 0. The fraction of sp³-hybridized carbons (Fsp3) is 0.846. The van der Waals surface area contributed by atoms with Crippen LogP contribution in [0.25, 0.3) is 0 Å². The zero-order valence-corrected chi connectivity index (χ0v) is 11.1. The summed E-state index contributed by atoms with van der Waals surface area (Å²) in [5.74, 6) is 0. The van der Waals surface area contributed by atoms with Gasteiger partial charge in [-0.15, -0.1) is 0 Å². The summed E-state index contributed by atoms with van der Waals surface area (Å²) in [6, 6.07) is 0. The van der Waals surface area contributed by atoms with Gasteiger partial charge in [-0.25, -0.2) is 0 Å². The third-order valence-corrected chi connectivity index (χ3v) is 1.97. The molecule has 0 aromatic rings. The van der Waals surface area contributed by atoms with E-state index in [4.69, 9.17) is 0 Å². The second-order valence-electron chi connectivity index (χ2n) is 3.40. The maximum Gasteiger partial charge on any atom is 0.0165 e. The van der Waals surface area contributed by atoms with Gasteiger partial charge in [-0.05, 0) is 19.9 Å². The van der Waals surface area contributed by atoms with Gasteiger partial charge >= 0.3 is 0 Å². The third kappa shape index (κ3) is 9.79. The third-order valence-electron chi connectivity index (χ3n) is 1.97. The maximum atomic E-state index is 2.45. The minimum atomic E-state index is 1.17. The van der Waals surface area contributed by atoms with Crippen molar-refractivity contribution in [2.75, 3.05) is 19.6 Å². The summed E-state index contributed by atoms with van der Waals surface area (Å²) in [6.07, 6.45) is 4.85. The molecule has 0 fully saturated rings. The van der Waals surface area contributed by atoms with Gasteiger partial charge in [0.1, 0.15) is 0 Å². The first kappa shape index (κ1) is 16.1. The fourth-order valence-electron chi connectivity index (χ4n) is 1.10. The zero-order chi connectivity index (χ0) is 11.4. The highest BCUT2D eigenvalue weighted by molar-refractivity contribution is 5.03. The van der Waals surface area contributed by atoms with Crippen LogP contribution in [0.5, 0.6) is 0 Å². The molecule has 14 heavy (non-hydrogen) atoms. The quantitative estimate of drug-likeness (QED) is 0.575. The molecule has 1 aliphatic heterocycles. The standard InChI is InChI=1S/C8H15N.C3H8.C2H6/c1-3-9-6-4-8(2)5-7-9;1-3-2;1-2/h4H,3,5-7H2,1-2H3;3H2,1-2H3;1-2H3. The van der Waals surface area contributed by atoms with Crippen LogP contribution in [-0.4, -0.2) is 24.5 Å². The number of nitrogens with zero attached hydrogens (tertiary/aromatic N) is 1. The fourth-order valence-corrected chi connectivity index (χ4v) is 1.10. The van der Waals surface area contributed by atoms with Crippen molar-refractivity contribution in [1.82, 2.24) is 4.90 Å². The monoisotopic (exact) mass is 199 g/mol. The lowest BCUT2D eigenvalue weighted by Crippen LogP contribution is -2.27. The Morgan fingerprint density at radius 2 is 1.71 bits per heavy atom. The molecule has 0 aliphatic carbocycles. The average Bonchev–Trinajstić information content (AvgIpc) is 2.23. The lowest BCUT2D eigenvalue weighted by atomic mass is 10.1. The van der Waals surface area contributed by atoms with Crippen molar-refractivity contribution in [1.29, 1.82) is 0 Å². The molecule has 1 aliphatic rings. The first-order valence-corrected chi connectivity index (χ1v) is 6.12. The van der Waals surface area contributed by atoms with Crippen molar-refractivity contribution in [3.63, 3.8) is 0 Å². The Morgan fingerprint density at radius 3 is 2.00 bits per heavy atom. The smallest absolute Gasteiger partial charge is 0.0165 e. The zero-order valence-electron chi connectivity index (χ0n) is 11.1. The minimum Gasteiger partial charge on any atom is -0.300 e. The van der Waals surface area contributed by atoms with Crippen LogP contribution in [0.15, 0.2) is 11.6 Å². The summed E-state index contributed by atoms with van der Waals surface area (Å²) in [6.45, 7) is 16.3. The molecular formula is C13H29N. The number of rotatable bonds is 1. The molecule has 0 aromatic heterocycles. The molecule has 0 unspecified atom stereocenters. The SMILES string of the molecule is CC.CCC.CCN1CC=C(C)CC1. The van der Waals surface area contributed by atoms with E-state index >= 15 is 0 Å². The predicted molar refractivity (Wildman–Crippen MR) is 67.8 cm³/mol. The van der Waals surface area contributed by atoms with E-state index in [-0.39, 0.29) is 0 Å². The molecule has 0 spiro atoms. The molecule has 0 saturated heterocycles. The highest BCUT2D eigenvalue weighted by Crippen LogP contribution is 2.07. The van der Waals surface area contributed by atoms with E-state index in [0.717, 1.165) is 0 Å². The Kier molecular flexibility index (Phi) is 14.6. The Hall–Kier alpha value is -0.300. The van der Waals surface area contributed by atoms with Gasteiger partial charge in [0.2, 0.25) is 0 Å². The lowest BCUT2D eigenvalue weighted by molar-refractivity contribution is 0.310. The number of hydrogen-bond donors (Lipinski definition) is 0. The molecule has 1 rings (SSSR count). The van der Waals surface area contributed by atoms with Crippen molar-refractivity contribution < 1.29 is 0 Å². The summed E-state index contributed by atoms with van der Waals surface area (Å²) in [5.41, 5.74) is 1.56. The van der Waals surface area contributed by atoms with E-state index in [9.17, 15) is 0 Å². The van der Waals surface area contributed by atoms with Crippen molar-refractivity contribution in [2.45, 2.75) is 54.4 Å². The second-order valence-corrected chi connectivity index (χ2v) is 3.40. The number of hydrogen-bond acceptors (Lipinski definition) is 1. The molecule has 86 valence electrons. The van der Waals surface area contributed by atoms with Gasteiger partial charge in [0.05, 0.1) is 0 Å². The van der Waals surface area contributed by atoms with Crippen molar-refractivity contribution >= 4 is 0 Å². The van der Waals surface area contributed by atoms with E-state index in [2.05, 4.69) is 38.7 Å². The molecule has 0 atom stereocenters. The first-order chi connectivity index (χ1) is 6.74. The summed E-state index contributed by atoms with van der Waals surface area (Å²) in [4.78, 5) is 2.45. The molecule has 1 nitrogen and oxygen atoms in total. The average molecular weight is 199 g/mol. The summed E-state index contributed by atoms with van der Waals surface area (Å²) < 4.78 is 0. The van der Waals surface area contributed by atoms with Crippen LogP contribution in [0.2, 0.25) is 0 Å². The minimum absolute atomic E-state index is 1.17. The largest absolute Gasteiger partial charge is 0.300 e. The highest BCUT2D eigenvalue weighted by atomic mass is 15.1. The van der Waals surface area contributed by atoms with Crippen LogP contribution in [0.4, 0.5) is 0 Å².